The number of aryl methyl sites for hydroxylation is 1. The fourth-order valence-electron chi connectivity index (χ4n) is 3.41. The second-order valence-electron chi connectivity index (χ2n) is 7.59. The lowest BCUT2D eigenvalue weighted by Crippen LogP contribution is -2.48. The predicted molar refractivity (Wildman–Crippen MR) is 111 cm³/mol. The summed E-state index contributed by atoms with van der Waals surface area (Å²) >= 11 is 0. The minimum absolute atomic E-state index is 0.0571. The van der Waals surface area contributed by atoms with Crippen LogP contribution >= 0.6 is 0 Å². The van der Waals surface area contributed by atoms with Crippen LogP contribution in [0.4, 0.5) is 13.2 Å². The van der Waals surface area contributed by atoms with Crippen molar-refractivity contribution in [2.75, 3.05) is 26.3 Å². The van der Waals surface area contributed by atoms with Gasteiger partial charge in [0.05, 0.1) is 30.8 Å². The molecule has 1 saturated heterocycles. The van der Waals surface area contributed by atoms with E-state index in [1.807, 2.05) is 30.3 Å². The molecule has 1 fully saturated rings. The Morgan fingerprint density at radius 3 is 2.70 bits per heavy atom. The number of rotatable bonds is 6. The molecular formula is C23H22F3N3O4. The first kappa shape index (κ1) is 22.8. The van der Waals surface area contributed by atoms with Crippen LogP contribution in [-0.4, -0.2) is 53.2 Å². The molecule has 1 atom stereocenters. The molecule has 1 unspecified atom stereocenters. The van der Waals surface area contributed by atoms with Gasteiger partial charge in [-0.1, -0.05) is 18.2 Å². The Morgan fingerprint density at radius 2 is 2.00 bits per heavy atom. The second-order valence-corrected chi connectivity index (χ2v) is 7.59. The quantitative estimate of drug-likeness (QED) is 0.554. The monoisotopic (exact) mass is 461 g/mol. The van der Waals surface area contributed by atoms with Crippen molar-refractivity contribution in [3.05, 3.63) is 65.7 Å². The molecule has 174 valence electrons. The number of hydrogen-bond donors (Lipinski definition) is 0. The molecule has 7 nitrogen and oxygen atoms in total. The summed E-state index contributed by atoms with van der Waals surface area (Å²) in [4.78, 5) is 22.7. The highest BCUT2D eigenvalue weighted by molar-refractivity contribution is 5.78. The highest BCUT2D eigenvalue weighted by Gasteiger charge is 2.31. The third-order valence-electron chi connectivity index (χ3n) is 5.20. The summed E-state index contributed by atoms with van der Waals surface area (Å²) in [5.41, 5.74) is 0.561. The molecule has 3 heterocycles. The number of nitrogens with zero attached hydrogens (tertiary/aromatic N) is 3. The Balaban J connectivity index is 1.32. The lowest BCUT2D eigenvalue weighted by atomic mass is 10.2. The zero-order valence-electron chi connectivity index (χ0n) is 17.8. The number of morpholine rings is 1. The highest BCUT2D eigenvalue weighted by Crippen LogP contribution is 2.29. The molecule has 0 radical (unpaired) electrons. The van der Waals surface area contributed by atoms with Gasteiger partial charge >= 0.3 is 6.18 Å². The van der Waals surface area contributed by atoms with E-state index in [4.69, 9.17) is 13.9 Å². The van der Waals surface area contributed by atoms with Crippen molar-refractivity contribution in [2.45, 2.75) is 25.6 Å². The van der Waals surface area contributed by atoms with Gasteiger partial charge in [0, 0.05) is 24.4 Å². The number of aromatic nitrogens is 2. The van der Waals surface area contributed by atoms with E-state index < -0.39 is 17.8 Å². The van der Waals surface area contributed by atoms with Crippen molar-refractivity contribution >= 4 is 5.91 Å². The smallest absolute Gasteiger partial charge is 0.417 e. The van der Waals surface area contributed by atoms with E-state index in [0.29, 0.717) is 37.0 Å². The maximum absolute atomic E-state index is 12.8. The summed E-state index contributed by atoms with van der Waals surface area (Å²) < 4.78 is 54.7. The molecule has 1 aliphatic heterocycles. The third-order valence-corrected chi connectivity index (χ3v) is 5.20. The SMILES string of the molecule is Cc1oc(-c2ccccc2)nc1CC(=O)N1CCOC(COc2ccc(C(F)(F)F)cn2)C1. The summed E-state index contributed by atoms with van der Waals surface area (Å²) in [5, 5.41) is 0. The molecule has 10 heteroatoms. The van der Waals surface area contributed by atoms with Crippen LogP contribution in [0.2, 0.25) is 0 Å². The van der Waals surface area contributed by atoms with Crippen LogP contribution in [-0.2, 0) is 22.1 Å². The molecule has 1 aromatic carbocycles. The van der Waals surface area contributed by atoms with Crippen LogP contribution in [0.3, 0.4) is 0 Å². The van der Waals surface area contributed by atoms with E-state index in [1.165, 1.54) is 0 Å². The molecule has 0 saturated carbocycles. The summed E-state index contributed by atoms with van der Waals surface area (Å²) in [6.07, 6.45) is -4.07. The van der Waals surface area contributed by atoms with Gasteiger partial charge in [0.15, 0.2) is 0 Å². The van der Waals surface area contributed by atoms with E-state index in [0.717, 1.165) is 23.9 Å². The number of oxazole rings is 1. The fraction of sp³-hybridized carbons (Fsp3) is 0.348. The number of carbonyl (C=O) groups is 1. The van der Waals surface area contributed by atoms with Gasteiger partial charge in [-0.05, 0) is 25.1 Å². The zero-order valence-corrected chi connectivity index (χ0v) is 17.8. The van der Waals surface area contributed by atoms with Crippen molar-refractivity contribution in [3.8, 4) is 17.3 Å². The molecule has 0 N–H and O–H groups in total. The molecular weight excluding hydrogens is 439 g/mol. The number of benzene rings is 1. The zero-order chi connectivity index (χ0) is 23.4. The molecule has 33 heavy (non-hydrogen) atoms. The fourth-order valence-corrected chi connectivity index (χ4v) is 3.41. The number of hydrogen-bond acceptors (Lipinski definition) is 6. The largest absolute Gasteiger partial charge is 0.475 e. The van der Waals surface area contributed by atoms with Crippen LogP contribution in [0.25, 0.3) is 11.5 Å². The van der Waals surface area contributed by atoms with Gasteiger partial charge in [0.1, 0.15) is 18.5 Å². The van der Waals surface area contributed by atoms with Gasteiger partial charge in [0.25, 0.3) is 0 Å². The number of pyridine rings is 1. The van der Waals surface area contributed by atoms with E-state index in [2.05, 4.69) is 9.97 Å². The maximum atomic E-state index is 12.8. The Hall–Kier alpha value is -3.40. The van der Waals surface area contributed by atoms with Gasteiger partial charge in [-0.2, -0.15) is 13.2 Å². The number of halogens is 3. The van der Waals surface area contributed by atoms with Gasteiger partial charge in [-0.15, -0.1) is 0 Å². The van der Waals surface area contributed by atoms with Crippen LogP contribution < -0.4 is 4.74 Å². The molecule has 1 aliphatic rings. The lowest BCUT2D eigenvalue weighted by molar-refractivity contribution is -0.139. The standard InChI is InChI=1S/C23H22F3N3O4/c1-15-19(28-22(33-15)16-5-3-2-4-6-16)11-21(30)29-9-10-31-18(13-29)14-32-20-8-7-17(12-27-20)23(24,25)26/h2-8,12,18H,9-11,13-14H2,1H3. The first-order chi connectivity index (χ1) is 15.8. The third kappa shape index (κ3) is 5.70. The first-order valence-electron chi connectivity index (χ1n) is 10.4. The molecule has 0 aliphatic carbocycles. The van der Waals surface area contributed by atoms with Crippen LogP contribution in [0, 0.1) is 6.92 Å². The van der Waals surface area contributed by atoms with Gasteiger partial charge < -0.3 is 18.8 Å². The average molecular weight is 461 g/mol. The van der Waals surface area contributed by atoms with E-state index in [-0.39, 0.29) is 24.8 Å². The van der Waals surface area contributed by atoms with Crippen molar-refractivity contribution in [3.63, 3.8) is 0 Å². The molecule has 1 amide bonds. The molecule has 3 aromatic rings. The molecule has 2 aromatic heterocycles. The maximum Gasteiger partial charge on any atom is 0.417 e. The van der Waals surface area contributed by atoms with Crippen molar-refractivity contribution in [1.29, 1.82) is 0 Å². The normalized spacial score (nSPS) is 16.6. The Labute approximate surface area is 188 Å². The van der Waals surface area contributed by atoms with E-state index in [1.54, 1.807) is 11.8 Å². The molecule has 4 rings (SSSR count). The van der Waals surface area contributed by atoms with Crippen LogP contribution in [0.5, 0.6) is 5.88 Å². The van der Waals surface area contributed by atoms with Gasteiger partial charge in [-0.25, -0.2) is 9.97 Å². The van der Waals surface area contributed by atoms with Crippen molar-refractivity contribution in [1.82, 2.24) is 14.9 Å². The van der Waals surface area contributed by atoms with Crippen molar-refractivity contribution in [2.24, 2.45) is 0 Å². The lowest BCUT2D eigenvalue weighted by Gasteiger charge is -2.32. The minimum Gasteiger partial charge on any atom is -0.475 e. The summed E-state index contributed by atoms with van der Waals surface area (Å²) in [6, 6.07) is 11.5. The number of ether oxygens (including phenoxy) is 2. The number of amides is 1. The predicted octanol–water partition coefficient (Wildman–Crippen LogP) is 3.91. The minimum atomic E-state index is -4.46. The molecule has 0 spiro atoms. The van der Waals surface area contributed by atoms with Crippen molar-refractivity contribution < 1.29 is 31.9 Å². The van der Waals surface area contributed by atoms with E-state index in [9.17, 15) is 18.0 Å². The highest BCUT2D eigenvalue weighted by atomic mass is 19.4. The summed E-state index contributed by atoms with van der Waals surface area (Å²) in [6.45, 7) is 2.88. The van der Waals surface area contributed by atoms with Crippen LogP contribution in [0.1, 0.15) is 17.0 Å². The Kier molecular flexibility index (Phi) is 6.64. The van der Waals surface area contributed by atoms with E-state index >= 15 is 0 Å². The van der Waals surface area contributed by atoms with Crippen LogP contribution in [0.15, 0.2) is 53.1 Å². The van der Waals surface area contributed by atoms with Gasteiger partial charge in [0.2, 0.25) is 17.7 Å². The number of carbonyl (C=O) groups excluding carboxylic acids is 1. The Bertz CT molecular complexity index is 1080. The topological polar surface area (TPSA) is 77.7 Å². The second kappa shape index (κ2) is 9.62. The average Bonchev–Trinajstić information content (AvgIpc) is 3.18. The summed E-state index contributed by atoms with van der Waals surface area (Å²) in [7, 11) is 0. The Morgan fingerprint density at radius 1 is 1.21 bits per heavy atom. The summed E-state index contributed by atoms with van der Waals surface area (Å²) in [5.74, 6) is 0.991. The molecule has 0 bridgehead atoms. The first-order valence-corrected chi connectivity index (χ1v) is 10.4. The van der Waals surface area contributed by atoms with Gasteiger partial charge in [-0.3, -0.25) is 4.79 Å². The number of alkyl halides is 3.